The van der Waals surface area contributed by atoms with Crippen LogP contribution in [0.25, 0.3) is 0 Å². The van der Waals surface area contributed by atoms with E-state index in [2.05, 4.69) is 13.8 Å². The summed E-state index contributed by atoms with van der Waals surface area (Å²) in [6.45, 7) is 6.19. The van der Waals surface area contributed by atoms with Crippen LogP contribution in [-0.2, 0) is 6.54 Å². The maximum absolute atomic E-state index is 11.4. The fraction of sp³-hybridized carbons (Fsp3) is 0.545. The lowest BCUT2D eigenvalue weighted by Gasteiger charge is -2.11. The van der Waals surface area contributed by atoms with Crippen LogP contribution in [-0.4, -0.2) is 15.8 Å². The Labute approximate surface area is 84.0 Å². The Bertz CT molecular complexity index is 353. The minimum atomic E-state index is -0.491. The molecule has 14 heavy (non-hydrogen) atoms. The van der Waals surface area contributed by atoms with Gasteiger partial charge in [0.25, 0.3) is 5.56 Å². The summed E-state index contributed by atoms with van der Waals surface area (Å²) >= 11 is 0. The van der Waals surface area contributed by atoms with E-state index in [9.17, 15) is 9.90 Å². The zero-order valence-corrected chi connectivity index (χ0v) is 8.90. The van der Waals surface area contributed by atoms with Gasteiger partial charge >= 0.3 is 0 Å². The van der Waals surface area contributed by atoms with Crippen molar-refractivity contribution in [2.24, 2.45) is 0 Å². The molecule has 78 valence electrons. The minimum absolute atomic E-state index is 0.0599. The molecule has 0 aliphatic heterocycles. The lowest BCUT2D eigenvalue weighted by Crippen LogP contribution is -2.24. The highest BCUT2D eigenvalue weighted by Crippen LogP contribution is 2.11. The molecule has 0 amide bonds. The van der Waals surface area contributed by atoms with Crippen molar-refractivity contribution in [2.75, 3.05) is 0 Å². The molecule has 1 heterocycles. The van der Waals surface area contributed by atoms with Gasteiger partial charge in [-0.3, -0.25) is 4.79 Å². The third-order valence-corrected chi connectivity index (χ3v) is 2.13. The molecule has 1 atom stereocenters. The van der Waals surface area contributed by atoms with Crippen molar-refractivity contribution in [3.8, 4) is 0 Å². The van der Waals surface area contributed by atoms with E-state index in [0.29, 0.717) is 12.5 Å². The smallest absolute Gasteiger partial charge is 0.250 e. The van der Waals surface area contributed by atoms with Crippen molar-refractivity contribution in [1.82, 2.24) is 4.57 Å². The van der Waals surface area contributed by atoms with E-state index in [1.54, 1.807) is 17.6 Å². The molecule has 0 aromatic carbocycles. The Morgan fingerprint density at radius 3 is 2.50 bits per heavy atom. The summed E-state index contributed by atoms with van der Waals surface area (Å²) in [5.41, 5.74) is 1.06. The van der Waals surface area contributed by atoms with E-state index in [1.165, 1.54) is 0 Å². The average Bonchev–Trinajstić information content (AvgIpc) is 2.07. The fourth-order valence-corrected chi connectivity index (χ4v) is 1.32. The van der Waals surface area contributed by atoms with Crippen molar-refractivity contribution >= 4 is 0 Å². The van der Waals surface area contributed by atoms with Gasteiger partial charge in [0, 0.05) is 12.3 Å². The maximum atomic E-state index is 11.4. The van der Waals surface area contributed by atoms with E-state index in [4.69, 9.17) is 0 Å². The second-order valence-corrected chi connectivity index (χ2v) is 3.96. The van der Waals surface area contributed by atoms with Crippen molar-refractivity contribution in [1.29, 1.82) is 0 Å². The Morgan fingerprint density at radius 1 is 1.36 bits per heavy atom. The van der Waals surface area contributed by atoms with E-state index in [-0.39, 0.29) is 5.56 Å². The van der Waals surface area contributed by atoms with Gasteiger partial charge in [0.1, 0.15) is 0 Å². The van der Waals surface area contributed by atoms with Gasteiger partial charge in [-0.15, -0.1) is 0 Å². The molecule has 0 radical (unpaired) electrons. The Kier molecular flexibility index (Phi) is 3.47. The van der Waals surface area contributed by atoms with E-state index in [1.807, 2.05) is 12.3 Å². The van der Waals surface area contributed by atoms with Gasteiger partial charge in [0.2, 0.25) is 0 Å². The van der Waals surface area contributed by atoms with Crippen LogP contribution in [0.5, 0.6) is 0 Å². The molecule has 0 aliphatic carbocycles. The monoisotopic (exact) mass is 195 g/mol. The number of aromatic nitrogens is 1. The SMILES string of the molecule is CC(C)c1ccc(=O)n(C[C@@H](C)O)c1. The average molecular weight is 195 g/mol. The first-order chi connectivity index (χ1) is 6.50. The predicted octanol–water partition coefficient (Wildman–Crippen LogP) is 1.35. The predicted molar refractivity (Wildman–Crippen MR) is 56.5 cm³/mol. The lowest BCUT2D eigenvalue weighted by molar-refractivity contribution is 0.172. The molecule has 1 aromatic heterocycles. The molecule has 0 unspecified atom stereocenters. The molecule has 0 saturated heterocycles. The van der Waals surface area contributed by atoms with Crippen LogP contribution >= 0.6 is 0 Å². The second-order valence-electron chi connectivity index (χ2n) is 3.96. The first kappa shape index (κ1) is 11.0. The maximum Gasteiger partial charge on any atom is 0.250 e. The molecule has 1 rings (SSSR count). The molecule has 0 aliphatic rings. The first-order valence-corrected chi connectivity index (χ1v) is 4.89. The number of hydrogen-bond donors (Lipinski definition) is 1. The van der Waals surface area contributed by atoms with Crippen LogP contribution in [0, 0.1) is 0 Å². The van der Waals surface area contributed by atoms with E-state index < -0.39 is 6.10 Å². The molecule has 0 saturated carbocycles. The number of aliphatic hydroxyl groups excluding tert-OH is 1. The normalized spacial score (nSPS) is 13.2. The summed E-state index contributed by atoms with van der Waals surface area (Å²) in [4.78, 5) is 11.4. The summed E-state index contributed by atoms with van der Waals surface area (Å²) in [5.74, 6) is 0.399. The zero-order valence-electron chi connectivity index (χ0n) is 8.90. The van der Waals surface area contributed by atoms with E-state index in [0.717, 1.165) is 5.56 Å². The zero-order chi connectivity index (χ0) is 10.7. The summed E-state index contributed by atoms with van der Waals surface area (Å²) in [5, 5.41) is 9.20. The third kappa shape index (κ3) is 2.70. The first-order valence-electron chi connectivity index (χ1n) is 4.89. The van der Waals surface area contributed by atoms with Crippen molar-refractivity contribution in [2.45, 2.75) is 39.3 Å². The molecule has 3 nitrogen and oxygen atoms in total. The van der Waals surface area contributed by atoms with Crippen LogP contribution in [0.1, 0.15) is 32.3 Å². The summed E-state index contributed by atoms with van der Waals surface area (Å²) < 4.78 is 1.56. The molecule has 0 fully saturated rings. The highest BCUT2D eigenvalue weighted by atomic mass is 16.3. The van der Waals surface area contributed by atoms with Crippen molar-refractivity contribution in [3.05, 3.63) is 34.2 Å². The van der Waals surface area contributed by atoms with Crippen molar-refractivity contribution < 1.29 is 5.11 Å². The Morgan fingerprint density at radius 2 is 2.00 bits per heavy atom. The second kappa shape index (κ2) is 4.42. The number of hydrogen-bond acceptors (Lipinski definition) is 2. The van der Waals surface area contributed by atoms with Gasteiger partial charge in [-0.2, -0.15) is 0 Å². The highest BCUT2D eigenvalue weighted by molar-refractivity contribution is 5.13. The standard InChI is InChI=1S/C11H17NO2/c1-8(2)10-4-5-11(14)12(7-10)6-9(3)13/h4-5,7-9,13H,6H2,1-3H3/t9-/m1/s1. The topological polar surface area (TPSA) is 42.2 Å². The van der Waals surface area contributed by atoms with Gasteiger partial charge < -0.3 is 9.67 Å². The quantitative estimate of drug-likeness (QED) is 0.791. The highest BCUT2D eigenvalue weighted by Gasteiger charge is 2.04. The molecule has 0 spiro atoms. The number of nitrogens with zero attached hydrogens (tertiary/aromatic N) is 1. The van der Waals surface area contributed by atoms with Crippen LogP contribution < -0.4 is 5.56 Å². The number of rotatable bonds is 3. The summed E-state index contributed by atoms with van der Waals surface area (Å²) in [6.07, 6.45) is 1.33. The van der Waals surface area contributed by atoms with Crippen molar-refractivity contribution in [3.63, 3.8) is 0 Å². The summed E-state index contributed by atoms with van der Waals surface area (Å²) in [6, 6.07) is 3.39. The van der Waals surface area contributed by atoms with Crippen LogP contribution in [0.2, 0.25) is 0 Å². The molecular formula is C11H17NO2. The Balaban J connectivity index is 3.02. The third-order valence-electron chi connectivity index (χ3n) is 2.13. The van der Waals surface area contributed by atoms with Gasteiger partial charge in [0.15, 0.2) is 0 Å². The van der Waals surface area contributed by atoms with Crippen LogP contribution in [0.15, 0.2) is 23.1 Å². The van der Waals surface area contributed by atoms with Gasteiger partial charge in [0.05, 0.1) is 12.6 Å². The molecule has 1 aromatic rings. The molecular weight excluding hydrogens is 178 g/mol. The van der Waals surface area contributed by atoms with Gasteiger partial charge in [-0.1, -0.05) is 19.9 Å². The molecule has 3 heteroatoms. The van der Waals surface area contributed by atoms with Crippen LogP contribution in [0.3, 0.4) is 0 Å². The lowest BCUT2D eigenvalue weighted by atomic mass is 10.1. The number of aliphatic hydroxyl groups is 1. The van der Waals surface area contributed by atoms with Crippen LogP contribution in [0.4, 0.5) is 0 Å². The minimum Gasteiger partial charge on any atom is -0.392 e. The fourth-order valence-electron chi connectivity index (χ4n) is 1.32. The van der Waals surface area contributed by atoms with Gasteiger partial charge in [-0.05, 0) is 18.4 Å². The Hall–Kier alpha value is -1.09. The molecule has 0 bridgehead atoms. The largest absolute Gasteiger partial charge is 0.392 e. The number of pyridine rings is 1. The summed E-state index contributed by atoms with van der Waals surface area (Å²) in [7, 11) is 0. The van der Waals surface area contributed by atoms with E-state index >= 15 is 0 Å². The van der Waals surface area contributed by atoms with Gasteiger partial charge in [-0.25, -0.2) is 0 Å². The molecule has 1 N–H and O–H groups in total.